The number of hydrogen-bond donors (Lipinski definition) is 0. The van der Waals surface area contributed by atoms with Crippen LogP contribution in [0.25, 0.3) is 0 Å². The minimum absolute atomic E-state index is 0.405. The Balaban J connectivity index is 3.08. The van der Waals surface area contributed by atoms with Crippen molar-refractivity contribution in [2.75, 3.05) is 0 Å². The molecule has 0 radical (unpaired) electrons. The van der Waals surface area contributed by atoms with Crippen LogP contribution in [0.1, 0.15) is 26.3 Å². The van der Waals surface area contributed by atoms with Crippen molar-refractivity contribution in [1.29, 1.82) is 0 Å². The molecule has 0 aliphatic carbocycles. The van der Waals surface area contributed by atoms with E-state index in [-0.39, 0.29) is 0 Å². The van der Waals surface area contributed by atoms with Crippen molar-refractivity contribution >= 4 is 23.5 Å². The largest absolute Gasteiger partial charge is 0.594 e. The first kappa shape index (κ1) is 15.6. The smallest absolute Gasteiger partial charge is 0.416 e. The van der Waals surface area contributed by atoms with Crippen LogP contribution >= 0.6 is 11.6 Å². The van der Waals surface area contributed by atoms with Gasteiger partial charge in [-0.25, -0.2) is 9.98 Å². The lowest BCUT2D eigenvalue weighted by molar-refractivity contribution is -0.259. The van der Waals surface area contributed by atoms with E-state index < -0.39 is 34.4 Å². The second-order valence-electron chi connectivity index (χ2n) is 4.63. The molecule has 8 heteroatoms. The Bertz CT molecular complexity index is 496. The molecule has 1 aromatic rings. The fraction of sp³-hybridized carbons (Fsp3) is 0.455. The van der Waals surface area contributed by atoms with E-state index in [1.165, 1.54) is 0 Å². The van der Waals surface area contributed by atoms with Gasteiger partial charge in [0, 0.05) is 5.60 Å². The minimum atomic E-state index is -4.59. The molecule has 106 valence electrons. The normalized spacial score (nSPS) is 13.5. The summed E-state index contributed by atoms with van der Waals surface area (Å²) in [5.74, 6) is -0.450. The number of alkyl halides is 3. The number of rotatable bonds is 1. The van der Waals surface area contributed by atoms with E-state index in [1.807, 2.05) is 0 Å². The molecule has 0 aliphatic heterocycles. The van der Waals surface area contributed by atoms with Crippen LogP contribution in [0.5, 0.6) is 0 Å². The van der Waals surface area contributed by atoms with Crippen LogP contribution in [0.3, 0.4) is 0 Å². The first-order valence-corrected chi connectivity index (χ1v) is 5.55. The van der Waals surface area contributed by atoms with Gasteiger partial charge in [0.05, 0.1) is 5.56 Å². The predicted molar refractivity (Wildman–Crippen MR) is 62.2 cm³/mol. The topological polar surface area (TPSA) is 57.5 Å². The molecule has 0 atom stereocenters. The third-order valence-corrected chi connectivity index (χ3v) is 1.90. The zero-order chi connectivity index (χ0) is 14.8. The highest BCUT2D eigenvalue weighted by atomic mass is 35.5. The number of nitrogens with zero attached hydrogens (tertiary/aromatic N) is 2. The molecule has 1 heterocycles. The Labute approximate surface area is 112 Å². The quantitative estimate of drug-likeness (QED) is 0.455. The minimum Gasteiger partial charge on any atom is -0.594 e. The molecule has 0 N–H and O–H groups in total. The molecule has 0 aromatic carbocycles. The van der Waals surface area contributed by atoms with E-state index >= 15 is 0 Å². The molecule has 0 aliphatic rings. The second-order valence-corrected chi connectivity index (χ2v) is 5.01. The first-order chi connectivity index (χ1) is 8.47. The van der Waals surface area contributed by atoms with Crippen LogP contribution < -0.4 is 5.11 Å². The Morgan fingerprint density at radius 2 is 1.89 bits per heavy atom. The second kappa shape index (κ2) is 5.24. The number of pyridine rings is 1. The van der Waals surface area contributed by atoms with Gasteiger partial charge in [-0.1, -0.05) is 32.4 Å². The summed E-state index contributed by atoms with van der Waals surface area (Å²) in [6, 6.07) is 1.27. The van der Waals surface area contributed by atoms with Gasteiger partial charge in [-0.15, -0.1) is 0 Å². The van der Waals surface area contributed by atoms with Crippen molar-refractivity contribution in [2.45, 2.75) is 32.5 Å². The van der Waals surface area contributed by atoms with E-state index in [9.17, 15) is 18.3 Å². The monoisotopic (exact) mass is 295 g/mol. The SMILES string of the molecule is CC(C)(C)OC([O-])=Nc1cc(C(F)(F)F)cc(Cl)n1. The maximum Gasteiger partial charge on any atom is 0.416 e. The van der Waals surface area contributed by atoms with E-state index in [0.717, 1.165) is 0 Å². The Morgan fingerprint density at radius 3 is 2.37 bits per heavy atom. The average molecular weight is 296 g/mol. The molecular formula is C11H11ClF3N2O2-. The van der Waals surface area contributed by atoms with Gasteiger partial charge < -0.3 is 9.84 Å². The van der Waals surface area contributed by atoms with Crippen molar-refractivity contribution in [3.05, 3.63) is 22.8 Å². The van der Waals surface area contributed by atoms with Gasteiger partial charge in [0.1, 0.15) is 5.15 Å². The molecule has 1 rings (SSSR count). The molecule has 0 fully saturated rings. The Morgan fingerprint density at radius 1 is 1.32 bits per heavy atom. The Kier molecular flexibility index (Phi) is 4.29. The molecule has 0 bridgehead atoms. The van der Waals surface area contributed by atoms with Gasteiger partial charge >= 0.3 is 6.18 Å². The number of aromatic nitrogens is 1. The van der Waals surface area contributed by atoms with Crippen LogP contribution in [0, 0.1) is 0 Å². The molecule has 1 aromatic heterocycles. The highest BCUT2D eigenvalue weighted by Crippen LogP contribution is 2.32. The zero-order valence-electron chi connectivity index (χ0n) is 10.4. The van der Waals surface area contributed by atoms with Crippen LogP contribution in [0.2, 0.25) is 5.15 Å². The summed E-state index contributed by atoms with van der Waals surface area (Å²) in [7, 11) is 0. The third kappa shape index (κ3) is 5.34. The third-order valence-electron chi connectivity index (χ3n) is 1.71. The van der Waals surface area contributed by atoms with E-state index in [2.05, 4.69) is 9.98 Å². The maximum atomic E-state index is 12.5. The molecular weight excluding hydrogens is 285 g/mol. The number of halogens is 4. The molecule has 0 saturated carbocycles. The van der Waals surface area contributed by atoms with Gasteiger partial charge in [0.25, 0.3) is 0 Å². The van der Waals surface area contributed by atoms with Crippen LogP contribution in [-0.4, -0.2) is 16.7 Å². The summed E-state index contributed by atoms with van der Waals surface area (Å²) in [6.07, 6.45) is -5.62. The average Bonchev–Trinajstić information content (AvgIpc) is 2.11. The molecule has 0 saturated heterocycles. The molecule has 4 nitrogen and oxygen atoms in total. The summed E-state index contributed by atoms with van der Waals surface area (Å²) in [5, 5.41) is 10.9. The zero-order valence-corrected chi connectivity index (χ0v) is 11.1. The van der Waals surface area contributed by atoms with Crippen LogP contribution in [0.4, 0.5) is 19.0 Å². The number of aliphatic imine (C=N–C) groups is 1. The lowest BCUT2D eigenvalue weighted by Gasteiger charge is -2.29. The molecule has 0 unspecified atom stereocenters. The molecule has 0 spiro atoms. The predicted octanol–water partition coefficient (Wildman–Crippen LogP) is 2.92. The summed E-state index contributed by atoms with van der Waals surface area (Å²) in [5.41, 5.74) is -1.83. The van der Waals surface area contributed by atoms with Gasteiger partial charge in [0.15, 0.2) is 11.9 Å². The van der Waals surface area contributed by atoms with Gasteiger partial charge in [-0.05, 0) is 12.1 Å². The lowest BCUT2D eigenvalue weighted by Crippen LogP contribution is -2.31. The van der Waals surface area contributed by atoms with E-state index in [1.54, 1.807) is 20.8 Å². The maximum absolute atomic E-state index is 12.5. The summed E-state index contributed by atoms with van der Waals surface area (Å²) in [6.45, 7) is 4.81. The van der Waals surface area contributed by atoms with Crippen LogP contribution in [0.15, 0.2) is 17.1 Å². The highest BCUT2D eigenvalue weighted by Gasteiger charge is 2.31. The summed E-state index contributed by atoms with van der Waals surface area (Å²) >= 11 is 5.45. The molecule has 0 amide bonds. The number of hydrogen-bond acceptors (Lipinski definition) is 4. The molecule has 19 heavy (non-hydrogen) atoms. The van der Waals surface area contributed by atoms with E-state index in [0.29, 0.717) is 12.1 Å². The summed E-state index contributed by atoms with van der Waals surface area (Å²) in [4.78, 5) is 6.84. The van der Waals surface area contributed by atoms with Gasteiger partial charge in [-0.2, -0.15) is 13.2 Å². The number of ether oxygens (including phenoxy) is 1. The van der Waals surface area contributed by atoms with Gasteiger partial charge in [0.2, 0.25) is 0 Å². The Hall–Kier alpha value is -1.50. The first-order valence-electron chi connectivity index (χ1n) is 5.17. The van der Waals surface area contributed by atoms with Crippen LogP contribution in [-0.2, 0) is 10.9 Å². The standard InChI is InChI=1S/C11H12ClF3N2O2/c1-10(2,3)19-9(18)17-8-5-6(11(13,14)15)4-7(12)16-8/h4-5H,1-3H3,(H,16,17,18)/p-1. The van der Waals surface area contributed by atoms with Crippen molar-refractivity contribution in [3.8, 4) is 0 Å². The van der Waals surface area contributed by atoms with Crippen molar-refractivity contribution < 1.29 is 23.0 Å². The van der Waals surface area contributed by atoms with Gasteiger partial charge in [-0.3, -0.25) is 0 Å². The fourth-order valence-electron chi connectivity index (χ4n) is 1.08. The highest BCUT2D eigenvalue weighted by molar-refractivity contribution is 6.29. The summed E-state index contributed by atoms with van der Waals surface area (Å²) < 4.78 is 42.4. The lowest BCUT2D eigenvalue weighted by atomic mass is 10.2. The van der Waals surface area contributed by atoms with Crippen molar-refractivity contribution in [2.24, 2.45) is 4.99 Å². The van der Waals surface area contributed by atoms with Crippen molar-refractivity contribution in [1.82, 2.24) is 4.98 Å². The fourth-order valence-corrected chi connectivity index (χ4v) is 1.29. The van der Waals surface area contributed by atoms with E-state index in [4.69, 9.17) is 16.3 Å². The van der Waals surface area contributed by atoms with Crippen molar-refractivity contribution in [3.63, 3.8) is 0 Å².